The number of likely N-dealkylation sites (tertiary alicyclic amines) is 1. The van der Waals surface area contributed by atoms with Crippen LogP contribution in [0.5, 0.6) is 11.5 Å². The highest BCUT2D eigenvalue weighted by Gasteiger charge is 2.33. The molecular formula is C40H51N5O4. The minimum atomic E-state index is -0.251. The summed E-state index contributed by atoms with van der Waals surface area (Å²) >= 11 is 0. The molecule has 3 aromatic rings. The number of methoxy groups -OCH3 is 2. The number of hydrogen-bond acceptors (Lipinski definition) is 7. The summed E-state index contributed by atoms with van der Waals surface area (Å²) in [6, 6.07) is 13.2. The van der Waals surface area contributed by atoms with Gasteiger partial charge in [0, 0.05) is 63.1 Å². The average molecular weight is 666 g/mol. The van der Waals surface area contributed by atoms with Crippen molar-refractivity contribution in [3.63, 3.8) is 0 Å². The van der Waals surface area contributed by atoms with E-state index in [0.29, 0.717) is 19.1 Å². The summed E-state index contributed by atoms with van der Waals surface area (Å²) in [7, 11) is 7.32. The lowest BCUT2D eigenvalue weighted by Crippen LogP contribution is -2.57. The molecule has 1 atom stereocenters. The minimum absolute atomic E-state index is 0.00764. The summed E-state index contributed by atoms with van der Waals surface area (Å²) in [6.45, 7) is 15.9. The average Bonchev–Trinajstić information content (AvgIpc) is 3.05. The molecule has 9 heteroatoms. The van der Waals surface area contributed by atoms with Crippen LogP contribution in [0.1, 0.15) is 67.1 Å². The molecule has 0 N–H and O–H groups in total. The zero-order valence-corrected chi connectivity index (χ0v) is 30.8. The Morgan fingerprint density at radius 3 is 2.33 bits per heavy atom. The largest absolute Gasteiger partial charge is 0.496 e. The molecule has 0 unspecified atom stereocenters. The maximum Gasteiger partial charge on any atom is 0.264 e. The van der Waals surface area contributed by atoms with Crippen molar-refractivity contribution in [1.29, 1.82) is 5.26 Å². The Hall–Kier alpha value is -4.39. The van der Waals surface area contributed by atoms with Crippen LogP contribution in [0.2, 0.25) is 0 Å². The van der Waals surface area contributed by atoms with Gasteiger partial charge in [0.1, 0.15) is 23.1 Å². The number of allylic oxidation sites excluding steroid dienone is 1. The summed E-state index contributed by atoms with van der Waals surface area (Å²) in [5, 5.41) is 9.74. The van der Waals surface area contributed by atoms with E-state index in [2.05, 4.69) is 48.0 Å². The number of nitrogens with zero attached hydrogens (tertiary/aromatic N) is 5. The standard InChI is InChI=1S/C40H51N5O4/c1-25-26(2)38(46)43(8)23-34(25)30-16-36(48-9)35(37(17-30)49-10)24-44-21-32(22-44)42(7)20-28-11-12-29-13-14-45(27(3)33(29)15-28)39(47)31(19-41)18-40(4,5)6/h11-12,15-18,23,27,32H,13-14,20-22,24H2,1-10H3/b31-18+/t27-/m0/s1. The lowest BCUT2D eigenvalue weighted by Gasteiger charge is -2.44. The molecule has 0 saturated carbocycles. The van der Waals surface area contributed by atoms with E-state index in [1.807, 2.05) is 57.8 Å². The predicted octanol–water partition coefficient (Wildman–Crippen LogP) is 5.94. The maximum atomic E-state index is 13.4. The van der Waals surface area contributed by atoms with Crippen molar-refractivity contribution < 1.29 is 14.3 Å². The fourth-order valence-electron chi connectivity index (χ4n) is 7.12. The molecule has 2 aliphatic heterocycles. The molecule has 2 aliphatic rings. The van der Waals surface area contributed by atoms with E-state index in [-0.39, 0.29) is 28.5 Å². The molecule has 9 nitrogen and oxygen atoms in total. The van der Waals surface area contributed by atoms with Gasteiger partial charge in [-0.3, -0.25) is 19.4 Å². The van der Waals surface area contributed by atoms with Gasteiger partial charge >= 0.3 is 0 Å². The first-order valence-electron chi connectivity index (χ1n) is 17.1. The van der Waals surface area contributed by atoms with Crippen LogP contribution in [-0.2, 0) is 31.4 Å². The molecule has 0 bridgehead atoms. The summed E-state index contributed by atoms with van der Waals surface area (Å²) < 4.78 is 13.4. The second-order valence-electron chi connectivity index (χ2n) is 14.8. The van der Waals surface area contributed by atoms with Gasteiger partial charge in [-0.15, -0.1) is 0 Å². The number of amides is 1. The number of carbonyl (C=O) groups excluding carboxylic acids is 1. The van der Waals surface area contributed by atoms with Gasteiger partial charge in [0.25, 0.3) is 11.5 Å². The molecule has 2 aromatic carbocycles. The van der Waals surface area contributed by atoms with Crippen LogP contribution >= 0.6 is 0 Å². The first-order valence-corrected chi connectivity index (χ1v) is 17.1. The number of carbonyl (C=O) groups is 1. The Bertz CT molecular complexity index is 1850. The number of ether oxygens (including phenoxy) is 2. The molecule has 1 saturated heterocycles. The molecule has 49 heavy (non-hydrogen) atoms. The van der Waals surface area contributed by atoms with Gasteiger partial charge in [-0.1, -0.05) is 45.0 Å². The molecule has 1 aromatic heterocycles. The summed E-state index contributed by atoms with van der Waals surface area (Å²) in [6.07, 6.45) is 4.44. The lowest BCUT2D eigenvalue weighted by molar-refractivity contribution is -0.129. The third-order valence-electron chi connectivity index (χ3n) is 10.2. The molecule has 0 radical (unpaired) electrons. The van der Waals surface area contributed by atoms with Crippen LogP contribution in [0, 0.1) is 30.6 Å². The molecule has 1 amide bonds. The molecule has 5 rings (SSSR count). The molecule has 1 fully saturated rings. The SMILES string of the molecule is COc1cc(-c2cn(C)c(=O)c(C)c2C)cc(OC)c1CN1CC(N(C)Cc2ccc3c(c2)[C@H](C)N(C(=O)/C(C#N)=C/C(C)(C)C)CC3)C1. The van der Waals surface area contributed by atoms with Crippen molar-refractivity contribution in [2.45, 2.75) is 73.1 Å². The minimum Gasteiger partial charge on any atom is -0.496 e. The number of rotatable bonds is 9. The second kappa shape index (κ2) is 14.2. The van der Waals surface area contributed by atoms with Crippen molar-refractivity contribution in [3.8, 4) is 28.7 Å². The number of hydrogen-bond donors (Lipinski definition) is 0. The number of benzene rings is 2. The second-order valence-corrected chi connectivity index (χ2v) is 14.8. The van der Waals surface area contributed by atoms with Gasteiger partial charge in [0.05, 0.1) is 25.8 Å². The van der Waals surface area contributed by atoms with Crippen molar-refractivity contribution in [1.82, 2.24) is 19.3 Å². The Labute approximate surface area is 291 Å². The quantitative estimate of drug-likeness (QED) is 0.206. The van der Waals surface area contributed by atoms with Crippen LogP contribution in [0.25, 0.3) is 11.1 Å². The normalized spacial score (nSPS) is 17.1. The highest BCUT2D eigenvalue weighted by atomic mass is 16.5. The van der Waals surface area contributed by atoms with Crippen molar-refractivity contribution >= 4 is 5.91 Å². The van der Waals surface area contributed by atoms with E-state index < -0.39 is 0 Å². The Morgan fingerprint density at radius 2 is 1.73 bits per heavy atom. The van der Waals surface area contributed by atoms with Crippen LogP contribution in [0.15, 0.2) is 53.0 Å². The fourth-order valence-corrected chi connectivity index (χ4v) is 7.12. The number of nitriles is 1. The number of aromatic nitrogens is 1. The predicted molar refractivity (Wildman–Crippen MR) is 194 cm³/mol. The third-order valence-corrected chi connectivity index (χ3v) is 10.2. The molecule has 0 aliphatic carbocycles. The summed E-state index contributed by atoms with van der Waals surface area (Å²) in [4.78, 5) is 32.5. The molecule has 0 spiro atoms. The van der Waals surface area contributed by atoms with Crippen LogP contribution in [0.4, 0.5) is 0 Å². The van der Waals surface area contributed by atoms with Gasteiger partial charge in [-0.05, 0) is 79.6 Å². The van der Waals surface area contributed by atoms with E-state index in [1.54, 1.807) is 31.9 Å². The maximum absolute atomic E-state index is 13.4. The van der Waals surface area contributed by atoms with Gasteiger partial charge in [0.15, 0.2) is 0 Å². The number of likely N-dealkylation sites (N-methyl/N-ethyl adjacent to an activating group) is 1. The molecular weight excluding hydrogens is 614 g/mol. The molecule has 260 valence electrons. The highest BCUT2D eigenvalue weighted by molar-refractivity contribution is 5.97. The van der Waals surface area contributed by atoms with Crippen LogP contribution in [-0.4, -0.2) is 72.1 Å². The lowest BCUT2D eigenvalue weighted by atomic mass is 9.90. The third kappa shape index (κ3) is 7.46. The smallest absolute Gasteiger partial charge is 0.264 e. The van der Waals surface area contributed by atoms with E-state index in [9.17, 15) is 14.9 Å². The first-order chi connectivity index (χ1) is 23.1. The zero-order valence-electron chi connectivity index (χ0n) is 30.8. The number of fused-ring (bicyclic) bond motifs is 1. The number of pyridine rings is 1. The monoisotopic (exact) mass is 665 g/mol. The van der Waals surface area contributed by atoms with Gasteiger partial charge in [-0.25, -0.2) is 0 Å². The van der Waals surface area contributed by atoms with Crippen LogP contribution < -0.4 is 15.0 Å². The Kier molecular flexibility index (Phi) is 10.4. The van der Waals surface area contributed by atoms with Gasteiger partial charge in [-0.2, -0.15) is 5.26 Å². The van der Waals surface area contributed by atoms with E-state index in [1.165, 1.54) is 16.7 Å². The van der Waals surface area contributed by atoms with Crippen molar-refractivity contribution in [2.24, 2.45) is 12.5 Å². The van der Waals surface area contributed by atoms with E-state index >= 15 is 0 Å². The molecule has 3 heterocycles. The number of aryl methyl sites for hydroxylation is 1. The fraction of sp³-hybridized carbons (Fsp3) is 0.475. The summed E-state index contributed by atoms with van der Waals surface area (Å²) in [5.41, 5.74) is 8.25. The Balaban J connectivity index is 1.25. The van der Waals surface area contributed by atoms with E-state index in [0.717, 1.165) is 65.4 Å². The first kappa shape index (κ1) is 35.9. The zero-order chi connectivity index (χ0) is 35.8. The van der Waals surface area contributed by atoms with Crippen LogP contribution in [0.3, 0.4) is 0 Å². The Morgan fingerprint density at radius 1 is 1.08 bits per heavy atom. The topological polar surface area (TPSA) is 91.0 Å². The van der Waals surface area contributed by atoms with Gasteiger partial charge in [0.2, 0.25) is 0 Å². The van der Waals surface area contributed by atoms with Crippen molar-refractivity contribution in [3.05, 3.63) is 91.9 Å². The van der Waals surface area contributed by atoms with Crippen molar-refractivity contribution in [2.75, 3.05) is 40.9 Å². The van der Waals surface area contributed by atoms with Gasteiger partial charge < -0.3 is 18.9 Å². The van der Waals surface area contributed by atoms with E-state index in [4.69, 9.17) is 9.47 Å². The highest BCUT2D eigenvalue weighted by Crippen LogP contribution is 2.38. The summed E-state index contributed by atoms with van der Waals surface area (Å²) in [5.74, 6) is 1.35.